The second-order valence-corrected chi connectivity index (χ2v) is 7.95. The highest BCUT2D eigenvalue weighted by Gasteiger charge is 2.25. The van der Waals surface area contributed by atoms with Crippen LogP contribution in [0.2, 0.25) is 0 Å². The zero-order valence-electron chi connectivity index (χ0n) is 17.9. The van der Waals surface area contributed by atoms with Crippen molar-refractivity contribution in [2.75, 3.05) is 13.2 Å². The van der Waals surface area contributed by atoms with E-state index in [0.29, 0.717) is 12.2 Å². The summed E-state index contributed by atoms with van der Waals surface area (Å²) in [6.07, 6.45) is 2.37. The van der Waals surface area contributed by atoms with Crippen LogP contribution >= 0.6 is 0 Å². The fourth-order valence-electron chi connectivity index (χ4n) is 3.75. The molecule has 0 radical (unpaired) electrons. The van der Waals surface area contributed by atoms with Gasteiger partial charge in [0.2, 0.25) is 0 Å². The smallest absolute Gasteiger partial charge is 0.195 e. The van der Waals surface area contributed by atoms with Gasteiger partial charge in [-0.1, -0.05) is 37.7 Å². The average molecular weight is 460 g/mol. The second-order valence-electron chi connectivity index (χ2n) is 7.95. The molecule has 1 aliphatic rings. The number of fused-ring (bicyclic) bond motifs is 1. The Morgan fingerprint density at radius 2 is 1.61 bits per heavy atom. The van der Waals surface area contributed by atoms with Gasteiger partial charge in [-0.15, -0.1) is 0 Å². The Kier molecular flexibility index (Phi) is 6.96. The van der Waals surface area contributed by atoms with Crippen LogP contribution in [-0.4, -0.2) is 19.3 Å². The molecule has 2 atom stereocenters. The Hall–Kier alpha value is -2.95. The molecular weight excluding hydrogens is 439 g/mol. The third kappa shape index (κ3) is 5.02. The maximum Gasteiger partial charge on any atom is 0.195 e. The van der Waals surface area contributed by atoms with E-state index in [1.54, 1.807) is 0 Å². The van der Waals surface area contributed by atoms with Crippen molar-refractivity contribution in [2.24, 2.45) is 0 Å². The van der Waals surface area contributed by atoms with Gasteiger partial charge in [0.05, 0.1) is 24.9 Å². The van der Waals surface area contributed by atoms with Gasteiger partial charge in [0.15, 0.2) is 17.5 Å². The number of rotatable bonds is 4. The van der Waals surface area contributed by atoms with Gasteiger partial charge in [-0.25, -0.2) is 22.0 Å². The maximum atomic E-state index is 14.6. The van der Waals surface area contributed by atoms with Crippen molar-refractivity contribution in [3.63, 3.8) is 0 Å². The first-order valence-electron chi connectivity index (χ1n) is 10.7. The number of ether oxygens (including phenoxy) is 2. The van der Waals surface area contributed by atoms with Crippen molar-refractivity contribution in [2.45, 2.75) is 38.4 Å². The van der Waals surface area contributed by atoms with Gasteiger partial charge in [-0.05, 0) is 47.7 Å². The van der Waals surface area contributed by atoms with E-state index in [4.69, 9.17) is 9.47 Å². The van der Waals surface area contributed by atoms with Crippen LogP contribution in [0.5, 0.6) is 0 Å². The van der Waals surface area contributed by atoms with Gasteiger partial charge in [0.1, 0.15) is 17.7 Å². The second kappa shape index (κ2) is 9.90. The third-order valence-electron chi connectivity index (χ3n) is 5.59. The van der Waals surface area contributed by atoms with Gasteiger partial charge < -0.3 is 9.47 Å². The lowest BCUT2D eigenvalue weighted by molar-refractivity contribution is -0.137. The molecule has 3 aromatic rings. The molecule has 0 spiro atoms. The minimum atomic E-state index is -1.56. The van der Waals surface area contributed by atoms with E-state index in [-0.39, 0.29) is 29.0 Å². The summed E-state index contributed by atoms with van der Waals surface area (Å²) in [5.41, 5.74) is 0.147. The molecule has 0 unspecified atom stereocenters. The minimum absolute atomic E-state index is 0.0126. The first-order valence-corrected chi connectivity index (χ1v) is 10.7. The van der Waals surface area contributed by atoms with Crippen molar-refractivity contribution in [1.82, 2.24) is 0 Å². The van der Waals surface area contributed by atoms with Crippen LogP contribution in [0, 0.1) is 40.9 Å². The molecule has 1 heterocycles. The molecular formula is C26H21F5O2. The first-order chi connectivity index (χ1) is 15.9. The number of hydrogen-bond donors (Lipinski definition) is 0. The monoisotopic (exact) mass is 460 g/mol. The molecule has 0 aliphatic carbocycles. The molecule has 4 rings (SSSR count). The Bertz CT molecular complexity index is 1210. The van der Waals surface area contributed by atoms with E-state index in [9.17, 15) is 22.0 Å². The largest absolute Gasteiger partial charge is 0.373 e. The summed E-state index contributed by atoms with van der Waals surface area (Å²) in [5, 5.41) is -0.0334. The summed E-state index contributed by atoms with van der Waals surface area (Å²) in [6, 6.07) is 7.10. The van der Waals surface area contributed by atoms with Crippen LogP contribution in [0.25, 0.3) is 10.8 Å². The van der Waals surface area contributed by atoms with Gasteiger partial charge in [0.25, 0.3) is 0 Å². The van der Waals surface area contributed by atoms with E-state index in [0.717, 1.165) is 25.3 Å². The van der Waals surface area contributed by atoms with Crippen LogP contribution in [-0.2, 0) is 9.47 Å². The molecule has 0 aromatic heterocycles. The van der Waals surface area contributed by atoms with E-state index < -0.39 is 40.8 Å². The van der Waals surface area contributed by atoms with Crippen molar-refractivity contribution < 1.29 is 31.4 Å². The zero-order chi connectivity index (χ0) is 23.5. The molecule has 7 heteroatoms. The predicted molar refractivity (Wildman–Crippen MR) is 114 cm³/mol. The molecule has 1 fully saturated rings. The molecule has 0 bridgehead atoms. The van der Waals surface area contributed by atoms with Gasteiger partial charge in [-0.3, -0.25) is 0 Å². The Balaban J connectivity index is 1.54. The summed E-state index contributed by atoms with van der Waals surface area (Å²) < 4.78 is 81.5. The number of halogens is 5. The average Bonchev–Trinajstić information content (AvgIpc) is 2.81. The third-order valence-corrected chi connectivity index (χ3v) is 5.59. The van der Waals surface area contributed by atoms with Gasteiger partial charge >= 0.3 is 0 Å². The van der Waals surface area contributed by atoms with Gasteiger partial charge in [-0.2, -0.15) is 0 Å². The number of hydrogen-bond acceptors (Lipinski definition) is 2. The van der Waals surface area contributed by atoms with Crippen LogP contribution in [0.1, 0.15) is 49.0 Å². The Morgan fingerprint density at radius 3 is 2.27 bits per heavy atom. The molecule has 33 heavy (non-hydrogen) atoms. The fourth-order valence-corrected chi connectivity index (χ4v) is 3.75. The molecule has 172 valence electrons. The first kappa shape index (κ1) is 23.2. The maximum absolute atomic E-state index is 14.6. The van der Waals surface area contributed by atoms with E-state index in [1.807, 2.05) is 0 Å². The minimum Gasteiger partial charge on any atom is -0.373 e. The van der Waals surface area contributed by atoms with E-state index >= 15 is 0 Å². The lowest BCUT2D eigenvalue weighted by atomic mass is 10.0. The highest BCUT2D eigenvalue weighted by atomic mass is 19.2. The van der Waals surface area contributed by atoms with Gasteiger partial charge in [0, 0.05) is 10.9 Å². The van der Waals surface area contributed by atoms with E-state index in [1.165, 1.54) is 30.3 Å². The number of benzene rings is 3. The van der Waals surface area contributed by atoms with Crippen LogP contribution in [0.4, 0.5) is 22.0 Å². The summed E-state index contributed by atoms with van der Waals surface area (Å²) in [4.78, 5) is 0. The molecule has 1 saturated heterocycles. The molecule has 1 aliphatic heterocycles. The molecule has 2 nitrogen and oxygen atoms in total. The molecule has 0 amide bonds. The van der Waals surface area contributed by atoms with Crippen LogP contribution < -0.4 is 0 Å². The van der Waals surface area contributed by atoms with E-state index in [2.05, 4.69) is 18.8 Å². The quantitative estimate of drug-likeness (QED) is 0.249. The lowest BCUT2D eigenvalue weighted by Crippen LogP contribution is -2.31. The van der Waals surface area contributed by atoms with Crippen LogP contribution in [0.15, 0.2) is 36.4 Å². The van der Waals surface area contributed by atoms with Crippen LogP contribution in [0.3, 0.4) is 0 Å². The molecule has 0 saturated carbocycles. The zero-order valence-corrected chi connectivity index (χ0v) is 17.9. The highest BCUT2D eigenvalue weighted by molar-refractivity contribution is 5.84. The van der Waals surface area contributed by atoms with Crippen molar-refractivity contribution in [3.05, 3.63) is 82.2 Å². The standard InChI is InChI=1S/C26H21F5O2/c1-2-3-4-18-13-33-24(14-32-18)17-11-21(27)20(22(28)12-17)8-6-15-5-7-19-16(9-15)10-23(29)26(31)25(19)30/h5,7,9-12,18,24H,2-4,13-14H2,1H3/t18-,24-/m1/s1. The topological polar surface area (TPSA) is 18.5 Å². The Labute approximate surface area is 188 Å². The Morgan fingerprint density at radius 1 is 0.848 bits per heavy atom. The van der Waals surface area contributed by atoms with Crippen molar-refractivity contribution in [3.8, 4) is 11.8 Å². The molecule has 3 aromatic carbocycles. The fraction of sp³-hybridized carbons (Fsp3) is 0.308. The highest BCUT2D eigenvalue weighted by Crippen LogP contribution is 2.28. The number of unbranched alkanes of at least 4 members (excludes halogenated alkanes) is 1. The summed E-state index contributed by atoms with van der Waals surface area (Å²) in [6.45, 7) is 2.66. The summed E-state index contributed by atoms with van der Waals surface area (Å²) >= 11 is 0. The summed E-state index contributed by atoms with van der Waals surface area (Å²) in [7, 11) is 0. The van der Waals surface area contributed by atoms with Crippen molar-refractivity contribution >= 4 is 10.8 Å². The lowest BCUT2D eigenvalue weighted by Gasteiger charge is -2.30. The predicted octanol–water partition coefficient (Wildman–Crippen LogP) is 6.58. The SMILES string of the molecule is CCCC[C@@H]1CO[C@@H](c2cc(F)c(C#Cc3ccc4c(F)c(F)c(F)cc4c3)c(F)c2)CO1. The normalized spacial score (nSPS) is 18.2. The summed E-state index contributed by atoms with van der Waals surface area (Å²) in [5.74, 6) is -0.882. The van der Waals surface area contributed by atoms with Crippen molar-refractivity contribution in [1.29, 1.82) is 0 Å². The molecule has 0 N–H and O–H groups in total.